The maximum atomic E-state index is 10.1. The second-order valence-electron chi connectivity index (χ2n) is 4.99. The summed E-state index contributed by atoms with van der Waals surface area (Å²) in [4.78, 5) is 0. The number of hydrogen-bond acceptors (Lipinski definition) is 5. The highest BCUT2D eigenvalue weighted by molar-refractivity contribution is 5.98. The minimum atomic E-state index is -0.832. The highest BCUT2D eigenvalue weighted by Gasteiger charge is 2.19. The predicted molar refractivity (Wildman–Crippen MR) is 77.8 cm³/mol. The van der Waals surface area contributed by atoms with E-state index in [9.17, 15) is 5.11 Å². The first-order valence-corrected chi connectivity index (χ1v) is 6.48. The van der Waals surface area contributed by atoms with E-state index in [1.165, 1.54) is 0 Å². The van der Waals surface area contributed by atoms with E-state index in [-0.39, 0.29) is 5.84 Å². The first kappa shape index (κ1) is 16.4. The summed E-state index contributed by atoms with van der Waals surface area (Å²) in [7, 11) is 1.61. The van der Waals surface area contributed by atoms with Crippen molar-refractivity contribution in [3.05, 3.63) is 35.4 Å². The maximum absolute atomic E-state index is 10.1. The fourth-order valence-electron chi connectivity index (χ4n) is 1.85. The number of benzene rings is 1. The predicted octanol–water partition coefficient (Wildman–Crippen LogP) is 0.658. The van der Waals surface area contributed by atoms with E-state index < -0.39 is 5.60 Å². The second-order valence-corrected chi connectivity index (χ2v) is 4.99. The van der Waals surface area contributed by atoms with E-state index >= 15 is 0 Å². The Labute approximate surface area is 119 Å². The fraction of sp³-hybridized carbons (Fsp3) is 0.500. The maximum Gasteiger partial charge on any atom is 0.170 e. The van der Waals surface area contributed by atoms with Crippen LogP contribution < -0.4 is 11.1 Å². The first-order valence-electron chi connectivity index (χ1n) is 6.48. The van der Waals surface area contributed by atoms with Gasteiger partial charge in [-0.25, -0.2) is 0 Å². The van der Waals surface area contributed by atoms with Gasteiger partial charge in [0, 0.05) is 38.8 Å². The Morgan fingerprint density at radius 3 is 2.80 bits per heavy atom. The summed E-state index contributed by atoms with van der Waals surface area (Å²) >= 11 is 0. The monoisotopic (exact) mass is 281 g/mol. The Morgan fingerprint density at radius 1 is 1.45 bits per heavy atom. The SMILES string of the molecule is COCCC(C)(O)CNCc1ccccc1/C(N)=N/O. The van der Waals surface area contributed by atoms with E-state index in [2.05, 4.69) is 10.5 Å². The van der Waals surface area contributed by atoms with Gasteiger partial charge in [-0.1, -0.05) is 29.4 Å². The Kier molecular flexibility index (Phi) is 6.44. The van der Waals surface area contributed by atoms with Crippen molar-refractivity contribution >= 4 is 5.84 Å². The lowest BCUT2D eigenvalue weighted by Gasteiger charge is -2.23. The number of methoxy groups -OCH3 is 1. The number of nitrogens with one attached hydrogen (secondary N) is 1. The number of aliphatic hydroxyl groups is 1. The summed E-state index contributed by atoms with van der Waals surface area (Å²) < 4.78 is 4.96. The summed E-state index contributed by atoms with van der Waals surface area (Å²) in [6.45, 7) is 3.22. The molecule has 5 N–H and O–H groups in total. The van der Waals surface area contributed by atoms with Gasteiger partial charge in [0.05, 0.1) is 5.60 Å². The van der Waals surface area contributed by atoms with Gasteiger partial charge in [-0.2, -0.15) is 0 Å². The molecule has 0 radical (unpaired) electrons. The Morgan fingerprint density at radius 2 is 2.15 bits per heavy atom. The van der Waals surface area contributed by atoms with Crippen LogP contribution >= 0.6 is 0 Å². The zero-order chi connectivity index (χ0) is 15.0. The average Bonchev–Trinajstić information content (AvgIpc) is 2.45. The highest BCUT2D eigenvalue weighted by atomic mass is 16.5. The molecule has 0 saturated heterocycles. The third kappa shape index (κ3) is 5.16. The number of amidine groups is 1. The largest absolute Gasteiger partial charge is 0.409 e. The van der Waals surface area contributed by atoms with Crippen molar-refractivity contribution < 1.29 is 15.1 Å². The number of nitrogens with zero attached hydrogens (tertiary/aromatic N) is 1. The standard InChI is InChI=1S/C14H23N3O3/c1-14(18,7-8-20-2)10-16-9-11-5-3-4-6-12(11)13(15)17-19/h3-6,16,18-19H,7-10H2,1-2H3,(H2,15,17). The topological polar surface area (TPSA) is 100 Å². The Hall–Kier alpha value is -1.63. The van der Waals surface area contributed by atoms with Gasteiger partial charge in [-0.15, -0.1) is 0 Å². The summed E-state index contributed by atoms with van der Waals surface area (Å²) in [5, 5.41) is 25.1. The lowest BCUT2D eigenvalue weighted by Crippen LogP contribution is -2.38. The van der Waals surface area contributed by atoms with Crippen molar-refractivity contribution in [2.24, 2.45) is 10.9 Å². The molecule has 1 unspecified atom stereocenters. The molecule has 112 valence electrons. The van der Waals surface area contributed by atoms with E-state index in [1.807, 2.05) is 18.2 Å². The van der Waals surface area contributed by atoms with Gasteiger partial charge < -0.3 is 26.1 Å². The number of rotatable bonds is 8. The minimum absolute atomic E-state index is 0.0774. The number of nitrogens with two attached hydrogens (primary N) is 1. The van der Waals surface area contributed by atoms with Crippen LogP contribution in [0.1, 0.15) is 24.5 Å². The van der Waals surface area contributed by atoms with Crippen molar-refractivity contribution in [3.63, 3.8) is 0 Å². The number of hydrogen-bond donors (Lipinski definition) is 4. The molecule has 0 amide bonds. The number of ether oxygens (including phenoxy) is 1. The zero-order valence-electron chi connectivity index (χ0n) is 12.0. The molecule has 0 fully saturated rings. The van der Waals surface area contributed by atoms with Crippen LogP contribution in [-0.4, -0.2) is 42.0 Å². The molecule has 1 aromatic rings. The van der Waals surface area contributed by atoms with E-state index in [0.717, 1.165) is 5.56 Å². The lowest BCUT2D eigenvalue weighted by atomic mass is 10.0. The van der Waals surface area contributed by atoms with Gasteiger partial charge in [0.1, 0.15) is 0 Å². The van der Waals surface area contributed by atoms with Crippen LogP contribution in [0.5, 0.6) is 0 Å². The van der Waals surface area contributed by atoms with Crippen LogP contribution in [0.3, 0.4) is 0 Å². The van der Waals surface area contributed by atoms with Gasteiger partial charge in [-0.05, 0) is 12.5 Å². The van der Waals surface area contributed by atoms with Crippen LogP contribution in [0, 0.1) is 0 Å². The molecule has 6 nitrogen and oxygen atoms in total. The molecule has 0 aliphatic rings. The molecule has 0 saturated carbocycles. The normalized spacial score (nSPS) is 15.1. The van der Waals surface area contributed by atoms with Crippen LogP contribution in [-0.2, 0) is 11.3 Å². The third-order valence-electron chi connectivity index (χ3n) is 3.07. The van der Waals surface area contributed by atoms with Crippen molar-refractivity contribution in [3.8, 4) is 0 Å². The van der Waals surface area contributed by atoms with Crippen molar-refractivity contribution in [1.29, 1.82) is 0 Å². The van der Waals surface area contributed by atoms with E-state index in [4.69, 9.17) is 15.7 Å². The van der Waals surface area contributed by atoms with Crippen molar-refractivity contribution in [1.82, 2.24) is 5.32 Å². The molecular formula is C14H23N3O3. The molecule has 1 atom stereocenters. The summed E-state index contributed by atoms with van der Waals surface area (Å²) in [5.74, 6) is 0.0774. The lowest BCUT2D eigenvalue weighted by molar-refractivity contribution is 0.0247. The van der Waals surface area contributed by atoms with Crippen LogP contribution in [0.4, 0.5) is 0 Å². The molecule has 0 spiro atoms. The molecule has 20 heavy (non-hydrogen) atoms. The molecule has 6 heteroatoms. The molecule has 0 heterocycles. The van der Waals surface area contributed by atoms with Gasteiger partial charge in [0.15, 0.2) is 5.84 Å². The second kappa shape index (κ2) is 7.84. The highest BCUT2D eigenvalue weighted by Crippen LogP contribution is 2.11. The summed E-state index contributed by atoms with van der Waals surface area (Å²) in [5.41, 5.74) is 6.38. The summed E-state index contributed by atoms with van der Waals surface area (Å²) in [6.07, 6.45) is 0.554. The molecule has 0 bridgehead atoms. The van der Waals surface area contributed by atoms with Crippen LogP contribution in [0.25, 0.3) is 0 Å². The molecular weight excluding hydrogens is 258 g/mol. The summed E-state index contributed by atoms with van der Waals surface area (Å²) in [6, 6.07) is 7.39. The van der Waals surface area contributed by atoms with Crippen LogP contribution in [0.2, 0.25) is 0 Å². The van der Waals surface area contributed by atoms with Gasteiger partial charge in [0.2, 0.25) is 0 Å². The third-order valence-corrected chi connectivity index (χ3v) is 3.07. The smallest absolute Gasteiger partial charge is 0.170 e. The average molecular weight is 281 g/mol. The Balaban J connectivity index is 2.58. The first-order chi connectivity index (χ1) is 9.50. The molecule has 1 aromatic carbocycles. The van der Waals surface area contributed by atoms with Crippen molar-refractivity contribution in [2.75, 3.05) is 20.3 Å². The van der Waals surface area contributed by atoms with E-state index in [0.29, 0.717) is 31.7 Å². The molecule has 1 rings (SSSR count). The minimum Gasteiger partial charge on any atom is -0.409 e. The van der Waals surface area contributed by atoms with Gasteiger partial charge in [0.25, 0.3) is 0 Å². The fourth-order valence-corrected chi connectivity index (χ4v) is 1.85. The number of oxime groups is 1. The zero-order valence-corrected chi connectivity index (χ0v) is 12.0. The van der Waals surface area contributed by atoms with E-state index in [1.54, 1.807) is 20.1 Å². The Bertz CT molecular complexity index is 447. The van der Waals surface area contributed by atoms with Crippen molar-refractivity contribution in [2.45, 2.75) is 25.5 Å². The molecule has 0 aliphatic carbocycles. The van der Waals surface area contributed by atoms with Gasteiger partial charge in [-0.3, -0.25) is 0 Å². The molecule has 0 aliphatic heterocycles. The van der Waals surface area contributed by atoms with Crippen LogP contribution in [0.15, 0.2) is 29.4 Å². The van der Waals surface area contributed by atoms with Gasteiger partial charge >= 0.3 is 0 Å². The quantitative estimate of drug-likeness (QED) is 0.243. The molecule has 0 aromatic heterocycles.